The molecule has 0 spiro atoms. The largest absolute Gasteiger partial charge is 0.464 e. The molecule has 232 valence electrons. The number of para-hydroxylation sites is 1. The maximum Gasteiger partial charge on any atom is 0.416 e. The normalized spacial score (nSPS) is 17.6. The molecule has 1 saturated heterocycles. The lowest BCUT2D eigenvalue weighted by atomic mass is 10.1. The number of benzene rings is 2. The summed E-state index contributed by atoms with van der Waals surface area (Å²) in [5.41, 5.74) is 0.337. The number of ether oxygens (including phenoxy) is 1. The van der Waals surface area contributed by atoms with E-state index in [0.717, 1.165) is 70.7 Å². The molecule has 0 aliphatic carbocycles. The van der Waals surface area contributed by atoms with Crippen molar-refractivity contribution < 1.29 is 26.9 Å². The molecule has 0 radical (unpaired) electrons. The minimum absolute atomic E-state index is 0.103. The number of anilines is 2. The summed E-state index contributed by atoms with van der Waals surface area (Å²) in [5, 5.41) is 0. The van der Waals surface area contributed by atoms with Crippen LogP contribution in [0.15, 0.2) is 52.3 Å². The minimum Gasteiger partial charge on any atom is -0.464 e. The smallest absolute Gasteiger partial charge is 0.416 e. The number of hydrogen-bond acceptors (Lipinski definition) is 6. The van der Waals surface area contributed by atoms with Crippen LogP contribution in [-0.2, 0) is 26.5 Å². The third-order valence-corrected chi connectivity index (χ3v) is 9.60. The summed E-state index contributed by atoms with van der Waals surface area (Å²) in [4.78, 5) is 19.6. The van der Waals surface area contributed by atoms with Gasteiger partial charge in [0, 0.05) is 45.7 Å². The van der Waals surface area contributed by atoms with Crippen LogP contribution in [0.4, 0.5) is 24.5 Å². The van der Waals surface area contributed by atoms with E-state index in [-0.39, 0.29) is 5.97 Å². The van der Waals surface area contributed by atoms with E-state index in [9.17, 15) is 22.2 Å². The molecule has 4 rings (SSSR count). The van der Waals surface area contributed by atoms with E-state index in [4.69, 9.17) is 4.74 Å². The molecule has 6 nitrogen and oxygen atoms in total. The molecule has 10 heteroatoms. The third kappa shape index (κ3) is 9.04. The zero-order valence-electron chi connectivity index (χ0n) is 24.7. The Bertz CT molecular complexity index is 1190. The van der Waals surface area contributed by atoms with Crippen LogP contribution in [0, 0.1) is 0 Å². The molecule has 2 aliphatic heterocycles. The Kier molecular flexibility index (Phi) is 12.3. The van der Waals surface area contributed by atoms with Crippen molar-refractivity contribution in [2.75, 3.05) is 57.3 Å². The van der Waals surface area contributed by atoms with Crippen LogP contribution >= 0.6 is 0 Å². The standard InChI is InChI=1S/C32H44F3N3O3S/c1-2-3-4-5-6-7-8-14-31(39)41-24-23-37-21-19-36(20-22-37)17-11-18-38-27-12-9-10-13-29(27)42(40)30-16-15-26(25-28(30)38)32(33,34)35/h9-10,12-13,15-16,25H,2-8,11,14,17-24H2,1H3. The number of fused-ring (bicyclic) bond motifs is 2. The average molecular weight is 608 g/mol. The molecule has 0 N–H and O–H groups in total. The first kappa shape index (κ1) is 32.5. The summed E-state index contributed by atoms with van der Waals surface area (Å²) in [7, 11) is -1.53. The van der Waals surface area contributed by atoms with E-state index in [2.05, 4.69) is 16.7 Å². The van der Waals surface area contributed by atoms with Crippen LogP contribution in [0.2, 0.25) is 0 Å². The van der Waals surface area contributed by atoms with Crippen LogP contribution in [0.25, 0.3) is 0 Å². The average Bonchev–Trinajstić information content (AvgIpc) is 2.98. The summed E-state index contributed by atoms with van der Waals surface area (Å²) in [6, 6.07) is 10.7. The number of carbonyl (C=O) groups excluding carboxylic acids is 1. The summed E-state index contributed by atoms with van der Waals surface area (Å²) < 4.78 is 59.1. The number of esters is 1. The van der Waals surface area contributed by atoms with E-state index in [1.54, 1.807) is 12.1 Å². The molecule has 1 fully saturated rings. The molecular weight excluding hydrogens is 563 g/mol. The van der Waals surface area contributed by atoms with E-state index in [0.29, 0.717) is 40.7 Å². The molecule has 0 aromatic heterocycles. The second kappa shape index (κ2) is 15.9. The first-order valence-corrected chi connectivity index (χ1v) is 16.5. The highest BCUT2D eigenvalue weighted by molar-refractivity contribution is 7.85. The molecular formula is C32H44F3N3O3S. The van der Waals surface area contributed by atoms with Gasteiger partial charge in [-0.05, 0) is 49.7 Å². The van der Waals surface area contributed by atoms with E-state index >= 15 is 0 Å². The van der Waals surface area contributed by atoms with Crippen LogP contribution in [0.5, 0.6) is 0 Å². The lowest BCUT2D eigenvalue weighted by Crippen LogP contribution is -2.47. The van der Waals surface area contributed by atoms with Gasteiger partial charge in [-0.1, -0.05) is 57.6 Å². The van der Waals surface area contributed by atoms with Crippen molar-refractivity contribution in [1.29, 1.82) is 0 Å². The fourth-order valence-electron chi connectivity index (χ4n) is 5.66. The molecule has 1 atom stereocenters. The van der Waals surface area contributed by atoms with Crippen molar-refractivity contribution in [1.82, 2.24) is 9.80 Å². The van der Waals surface area contributed by atoms with Gasteiger partial charge in [0.25, 0.3) is 0 Å². The minimum atomic E-state index is -4.47. The predicted octanol–water partition coefficient (Wildman–Crippen LogP) is 7.02. The van der Waals surface area contributed by atoms with Gasteiger partial charge in [0.05, 0.1) is 37.5 Å². The molecule has 0 saturated carbocycles. The van der Waals surface area contributed by atoms with E-state index in [1.165, 1.54) is 38.2 Å². The Morgan fingerprint density at radius 1 is 0.810 bits per heavy atom. The first-order valence-electron chi connectivity index (χ1n) is 15.4. The summed E-state index contributed by atoms with van der Waals surface area (Å²) in [6.07, 6.45) is 5.04. The molecule has 2 aliphatic rings. The van der Waals surface area contributed by atoms with Gasteiger partial charge in [0.15, 0.2) is 0 Å². The van der Waals surface area contributed by atoms with E-state index < -0.39 is 22.5 Å². The Hall–Kier alpha value is -2.43. The number of unbranched alkanes of at least 4 members (excludes halogenated alkanes) is 6. The van der Waals surface area contributed by atoms with Crippen molar-refractivity contribution in [3.63, 3.8) is 0 Å². The van der Waals surface area contributed by atoms with Crippen molar-refractivity contribution in [3.8, 4) is 0 Å². The van der Waals surface area contributed by atoms with Crippen LogP contribution in [0.3, 0.4) is 0 Å². The van der Waals surface area contributed by atoms with Gasteiger partial charge < -0.3 is 14.5 Å². The second-order valence-corrected chi connectivity index (χ2v) is 12.6. The predicted molar refractivity (Wildman–Crippen MR) is 161 cm³/mol. The lowest BCUT2D eigenvalue weighted by Gasteiger charge is -2.36. The molecule has 2 aromatic carbocycles. The van der Waals surface area contributed by atoms with Gasteiger partial charge in [-0.2, -0.15) is 13.2 Å². The van der Waals surface area contributed by atoms with Gasteiger partial charge in [-0.3, -0.25) is 9.69 Å². The summed E-state index contributed by atoms with van der Waals surface area (Å²) in [6.45, 7) is 8.26. The van der Waals surface area contributed by atoms with Gasteiger partial charge >= 0.3 is 12.1 Å². The first-order chi connectivity index (χ1) is 20.3. The van der Waals surface area contributed by atoms with Crippen molar-refractivity contribution in [2.24, 2.45) is 0 Å². The number of alkyl halides is 3. The Balaban J connectivity index is 1.19. The molecule has 1 unspecified atom stereocenters. The fourth-order valence-corrected chi connectivity index (χ4v) is 7.02. The van der Waals surface area contributed by atoms with Gasteiger partial charge in [-0.15, -0.1) is 0 Å². The Morgan fingerprint density at radius 2 is 1.45 bits per heavy atom. The van der Waals surface area contributed by atoms with Gasteiger partial charge in [0.1, 0.15) is 6.61 Å². The Morgan fingerprint density at radius 3 is 2.17 bits per heavy atom. The highest BCUT2D eigenvalue weighted by Gasteiger charge is 2.35. The van der Waals surface area contributed by atoms with Gasteiger partial charge in [0.2, 0.25) is 0 Å². The van der Waals surface area contributed by atoms with Crippen LogP contribution in [0.1, 0.15) is 70.3 Å². The lowest BCUT2D eigenvalue weighted by molar-refractivity contribution is -0.144. The number of hydrogen-bond donors (Lipinski definition) is 0. The highest BCUT2D eigenvalue weighted by Crippen LogP contribution is 2.44. The van der Waals surface area contributed by atoms with Crippen molar-refractivity contribution >= 4 is 28.1 Å². The van der Waals surface area contributed by atoms with Crippen LogP contribution < -0.4 is 4.90 Å². The monoisotopic (exact) mass is 607 g/mol. The molecule has 2 heterocycles. The zero-order valence-corrected chi connectivity index (χ0v) is 25.5. The molecule has 42 heavy (non-hydrogen) atoms. The number of rotatable bonds is 15. The molecule has 0 bridgehead atoms. The topological polar surface area (TPSA) is 53.1 Å². The number of halogens is 3. The number of nitrogens with zero attached hydrogens (tertiary/aromatic N) is 3. The van der Waals surface area contributed by atoms with Crippen molar-refractivity contribution in [2.45, 2.75) is 80.7 Å². The Labute approximate surface area is 250 Å². The third-order valence-electron chi connectivity index (χ3n) is 8.11. The van der Waals surface area contributed by atoms with Gasteiger partial charge in [-0.25, -0.2) is 4.21 Å². The summed E-state index contributed by atoms with van der Waals surface area (Å²) >= 11 is 0. The van der Waals surface area contributed by atoms with E-state index in [1.807, 2.05) is 17.0 Å². The maximum absolute atomic E-state index is 13.5. The highest BCUT2D eigenvalue weighted by atomic mass is 32.2. The van der Waals surface area contributed by atoms with Crippen LogP contribution in [-0.4, -0.2) is 72.4 Å². The number of carbonyl (C=O) groups is 1. The summed E-state index contributed by atoms with van der Waals surface area (Å²) in [5.74, 6) is -0.103. The SMILES string of the molecule is CCCCCCCCCC(=O)OCCN1CCN(CCCN2c3ccccc3S(=O)c3ccc(C(F)(F)F)cc32)CC1. The quantitative estimate of drug-likeness (QED) is 0.160. The number of piperazine rings is 1. The molecule has 2 aromatic rings. The zero-order chi connectivity index (χ0) is 30.0. The molecule has 0 amide bonds. The maximum atomic E-state index is 13.5. The van der Waals surface area contributed by atoms with Crippen molar-refractivity contribution in [3.05, 3.63) is 48.0 Å². The second-order valence-electron chi connectivity index (χ2n) is 11.2. The fraction of sp³-hybridized carbons (Fsp3) is 0.594.